The third-order valence-corrected chi connectivity index (χ3v) is 9.47. The fourth-order valence-electron chi connectivity index (χ4n) is 4.67. The third kappa shape index (κ3) is 8.05. The predicted octanol–water partition coefficient (Wildman–Crippen LogP) is 5.17. The summed E-state index contributed by atoms with van der Waals surface area (Å²) in [4.78, 5) is 28.7. The van der Waals surface area contributed by atoms with E-state index in [2.05, 4.69) is 5.32 Å². The minimum atomic E-state index is -4.49. The van der Waals surface area contributed by atoms with Gasteiger partial charge >= 0.3 is 0 Å². The Hall–Kier alpha value is -3.87. The number of anilines is 1. The van der Waals surface area contributed by atoms with E-state index in [-0.39, 0.29) is 45.1 Å². The second-order valence-electron chi connectivity index (χ2n) is 9.61. The van der Waals surface area contributed by atoms with Crippen molar-refractivity contribution < 1.29 is 37.0 Å². The number of rotatable bonds is 15. The number of nitrogens with one attached hydrogen (secondary N) is 1. The minimum absolute atomic E-state index is 0.0294. The largest absolute Gasteiger partial charge is 0.497 e. The molecule has 0 radical (unpaired) electrons. The lowest BCUT2D eigenvalue weighted by Crippen LogP contribution is -2.52. The quantitative estimate of drug-likeness (QED) is 0.233. The van der Waals surface area contributed by atoms with Crippen LogP contribution in [0.5, 0.6) is 23.0 Å². The standard InChI is InChI=1S/C31H37Cl2N3O8S/c1-7-25(31(38)34-8-2)35(18-22-23(32)10-9-11-24(22)33)30(37)19-36(26-16-20(41-3)12-14-27(26)42-4)45(39,40)21-13-15-28(43-5)29(17-21)44-6/h9-17,25H,7-8,18-19H2,1-6H3,(H,34,38)/t25-/m0/s1. The van der Waals surface area contributed by atoms with E-state index < -0.39 is 34.4 Å². The second kappa shape index (κ2) is 15.9. The van der Waals surface area contributed by atoms with Crippen LogP contribution in [0.2, 0.25) is 10.0 Å². The molecular weight excluding hydrogens is 645 g/mol. The van der Waals surface area contributed by atoms with E-state index in [0.717, 1.165) is 4.31 Å². The Morgan fingerprint density at radius 2 is 1.47 bits per heavy atom. The van der Waals surface area contributed by atoms with E-state index in [0.29, 0.717) is 23.6 Å². The first-order chi connectivity index (χ1) is 21.5. The molecule has 0 aromatic heterocycles. The number of likely N-dealkylation sites (N-methyl/N-ethyl adjacent to an activating group) is 1. The molecule has 1 N–H and O–H groups in total. The Kier molecular flexibility index (Phi) is 12.6. The van der Waals surface area contributed by atoms with Gasteiger partial charge in [0.25, 0.3) is 10.0 Å². The number of sulfonamides is 1. The van der Waals surface area contributed by atoms with Crippen LogP contribution in [-0.2, 0) is 26.2 Å². The van der Waals surface area contributed by atoms with Crippen LogP contribution in [0.3, 0.4) is 0 Å². The SMILES string of the molecule is CCNC(=O)[C@H](CC)N(Cc1c(Cl)cccc1Cl)C(=O)CN(c1cc(OC)ccc1OC)S(=O)(=O)c1ccc(OC)c(OC)c1. The zero-order valence-corrected chi connectivity index (χ0v) is 28.3. The molecule has 0 unspecified atom stereocenters. The molecule has 1 atom stereocenters. The highest BCUT2D eigenvalue weighted by Gasteiger charge is 2.36. The number of carbonyl (C=O) groups excluding carboxylic acids is 2. The van der Waals surface area contributed by atoms with Crippen molar-refractivity contribution in [2.75, 3.05) is 45.8 Å². The Balaban J connectivity index is 2.23. The summed E-state index contributed by atoms with van der Waals surface area (Å²) in [5, 5.41) is 3.33. The van der Waals surface area contributed by atoms with Crippen LogP contribution in [0.4, 0.5) is 5.69 Å². The number of methoxy groups -OCH3 is 4. The van der Waals surface area contributed by atoms with Crippen LogP contribution in [0.15, 0.2) is 59.5 Å². The van der Waals surface area contributed by atoms with E-state index in [1.807, 2.05) is 0 Å². The molecule has 0 saturated heterocycles. The van der Waals surface area contributed by atoms with Gasteiger partial charge in [0, 0.05) is 40.8 Å². The summed E-state index contributed by atoms with van der Waals surface area (Å²) in [6.45, 7) is 2.95. The smallest absolute Gasteiger partial charge is 0.265 e. The fourth-order valence-corrected chi connectivity index (χ4v) is 6.62. The summed E-state index contributed by atoms with van der Waals surface area (Å²) >= 11 is 12.9. The predicted molar refractivity (Wildman–Crippen MR) is 173 cm³/mol. The molecule has 0 saturated carbocycles. The molecule has 3 aromatic carbocycles. The number of hydrogen-bond acceptors (Lipinski definition) is 8. The van der Waals surface area contributed by atoms with Gasteiger partial charge in [-0.3, -0.25) is 13.9 Å². The Morgan fingerprint density at radius 3 is 2.02 bits per heavy atom. The normalized spacial score (nSPS) is 11.7. The molecule has 3 rings (SSSR count). The average Bonchev–Trinajstić information content (AvgIpc) is 3.03. The first-order valence-corrected chi connectivity index (χ1v) is 16.1. The van der Waals surface area contributed by atoms with E-state index in [1.165, 1.54) is 63.7 Å². The van der Waals surface area contributed by atoms with Crippen LogP contribution >= 0.6 is 23.2 Å². The van der Waals surface area contributed by atoms with E-state index in [4.69, 9.17) is 42.1 Å². The van der Waals surface area contributed by atoms with E-state index in [1.54, 1.807) is 38.1 Å². The molecule has 0 fully saturated rings. The van der Waals surface area contributed by atoms with Crippen molar-refractivity contribution >= 4 is 50.7 Å². The molecule has 11 nitrogen and oxygen atoms in total. The number of ether oxygens (including phenoxy) is 4. The Bertz CT molecular complexity index is 1600. The van der Waals surface area contributed by atoms with Gasteiger partial charge in [-0.2, -0.15) is 0 Å². The van der Waals surface area contributed by atoms with Crippen molar-refractivity contribution in [2.24, 2.45) is 0 Å². The molecule has 0 aliphatic carbocycles. The number of nitrogens with zero attached hydrogens (tertiary/aromatic N) is 2. The highest BCUT2D eigenvalue weighted by atomic mass is 35.5. The summed E-state index contributed by atoms with van der Waals surface area (Å²) in [5.74, 6) is -0.153. The lowest BCUT2D eigenvalue weighted by Gasteiger charge is -2.34. The van der Waals surface area contributed by atoms with Gasteiger partial charge in [-0.15, -0.1) is 0 Å². The Morgan fingerprint density at radius 1 is 0.844 bits per heavy atom. The fraction of sp³-hybridized carbons (Fsp3) is 0.355. The summed E-state index contributed by atoms with van der Waals surface area (Å²) < 4.78 is 51.2. The number of benzene rings is 3. The summed E-state index contributed by atoms with van der Waals surface area (Å²) in [7, 11) is 1.12. The summed E-state index contributed by atoms with van der Waals surface area (Å²) in [6.07, 6.45) is 0.227. The summed E-state index contributed by atoms with van der Waals surface area (Å²) in [5.41, 5.74) is 0.437. The first-order valence-electron chi connectivity index (χ1n) is 13.9. The second-order valence-corrected chi connectivity index (χ2v) is 12.3. The van der Waals surface area contributed by atoms with Crippen molar-refractivity contribution in [3.63, 3.8) is 0 Å². The first kappa shape index (κ1) is 35.6. The van der Waals surface area contributed by atoms with Gasteiger partial charge in [0.15, 0.2) is 11.5 Å². The number of halogens is 2. The molecule has 0 heterocycles. The molecular formula is C31H37Cl2N3O8S. The molecule has 14 heteroatoms. The minimum Gasteiger partial charge on any atom is -0.497 e. The molecule has 0 spiro atoms. The highest BCUT2D eigenvalue weighted by molar-refractivity contribution is 7.92. The van der Waals surface area contributed by atoms with Gasteiger partial charge < -0.3 is 29.2 Å². The lowest BCUT2D eigenvalue weighted by molar-refractivity contribution is -0.140. The monoisotopic (exact) mass is 681 g/mol. The van der Waals surface area contributed by atoms with Crippen LogP contribution in [0.25, 0.3) is 0 Å². The molecule has 0 aliphatic rings. The zero-order chi connectivity index (χ0) is 33.3. The van der Waals surface area contributed by atoms with Gasteiger partial charge in [-0.1, -0.05) is 36.2 Å². The molecule has 0 aliphatic heterocycles. The van der Waals surface area contributed by atoms with Crippen molar-refractivity contribution in [1.82, 2.24) is 10.2 Å². The number of amides is 2. The van der Waals surface area contributed by atoms with E-state index in [9.17, 15) is 18.0 Å². The van der Waals surface area contributed by atoms with Crippen LogP contribution in [-0.4, -0.2) is 72.7 Å². The number of hydrogen-bond donors (Lipinski definition) is 1. The molecule has 3 aromatic rings. The van der Waals surface area contributed by atoms with Gasteiger partial charge in [0.1, 0.15) is 24.1 Å². The molecule has 244 valence electrons. The third-order valence-electron chi connectivity index (χ3n) is 7.00. The van der Waals surface area contributed by atoms with Gasteiger partial charge in [-0.05, 0) is 49.7 Å². The van der Waals surface area contributed by atoms with E-state index >= 15 is 0 Å². The van der Waals surface area contributed by atoms with Crippen molar-refractivity contribution in [3.05, 3.63) is 70.2 Å². The van der Waals surface area contributed by atoms with Crippen LogP contribution in [0.1, 0.15) is 25.8 Å². The van der Waals surface area contributed by atoms with Crippen molar-refractivity contribution in [3.8, 4) is 23.0 Å². The van der Waals surface area contributed by atoms with Gasteiger partial charge in [0.2, 0.25) is 11.8 Å². The maximum absolute atomic E-state index is 14.4. The lowest BCUT2D eigenvalue weighted by atomic mass is 10.1. The average molecular weight is 683 g/mol. The summed E-state index contributed by atoms with van der Waals surface area (Å²) in [6, 6.07) is 12.6. The van der Waals surface area contributed by atoms with Crippen molar-refractivity contribution in [2.45, 2.75) is 37.8 Å². The van der Waals surface area contributed by atoms with Crippen LogP contribution < -0.4 is 28.6 Å². The molecule has 45 heavy (non-hydrogen) atoms. The number of carbonyl (C=O) groups is 2. The van der Waals surface area contributed by atoms with Gasteiger partial charge in [0.05, 0.1) is 39.0 Å². The topological polar surface area (TPSA) is 124 Å². The van der Waals surface area contributed by atoms with Gasteiger partial charge in [-0.25, -0.2) is 8.42 Å². The Labute approximate surface area is 274 Å². The zero-order valence-electron chi connectivity index (χ0n) is 25.9. The maximum Gasteiger partial charge on any atom is 0.265 e. The molecule has 0 bridgehead atoms. The van der Waals surface area contributed by atoms with Crippen molar-refractivity contribution in [1.29, 1.82) is 0 Å². The van der Waals surface area contributed by atoms with Crippen LogP contribution in [0, 0.1) is 0 Å². The maximum atomic E-state index is 14.4. The highest BCUT2D eigenvalue weighted by Crippen LogP contribution is 2.38. The molecule has 2 amide bonds.